The number of Topliss-reactive ketones (excluding diaryl/α,β-unsaturated/α-hetero) is 1. The molecule has 4 rings (SSSR count). The van der Waals surface area contributed by atoms with Crippen molar-refractivity contribution in [3.05, 3.63) is 53.1 Å². The normalized spacial score (nSPS) is 20.4. The molecule has 2 heterocycles. The van der Waals surface area contributed by atoms with Gasteiger partial charge < -0.3 is 5.11 Å². The van der Waals surface area contributed by atoms with Crippen LogP contribution in [0.2, 0.25) is 0 Å². The summed E-state index contributed by atoms with van der Waals surface area (Å²) in [6, 6.07) is 5.82. The first-order valence-corrected chi connectivity index (χ1v) is 13.2. The molecular formula is C26H31FN4O4S. The highest BCUT2D eigenvalue weighted by Gasteiger charge is 2.41. The number of hydrogen-bond donors (Lipinski definition) is 1. The molecule has 192 valence electrons. The number of hydrogen-bond acceptors (Lipinski definition) is 7. The number of halogens is 1. The van der Waals surface area contributed by atoms with Gasteiger partial charge in [-0.1, -0.05) is 35.2 Å². The Labute approximate surface area is 213 Å². The highest BCUT2D eigenvalue weighted by atomic mass is 32.2. The van der Waals surface area contributed by atoms with E-state index in [1.54, 1.807) is 36.0 Å². The molecule has 1 aromatic carbocycles. The maximum atomic E-state index is 14.8. The van der Waals surface area contributed by atoms with Crippen LogP contribution in [0.25, 0.3) is 6.08 Å². The van der Waals surface area contributed by atoms with E-state index in [0.29, 0.717) is 50.2 Å². The fourth-order valence-corrected chi connectivity index (χ4v) is 5.54. The number of aryl methyl sites for hydroxylation is 1. The highest BCUT2D eigenvalue weighted by Crippen LogP contribution is 2.40. The van der Waals surface area contributed by atoms with Gasteiger partial charge >= 0.3 is 5.97 Å². The lowest BCUT2D eigenvalue weighted by molar-refractivity contribution is -0.137. The van der Waals surface area contributed by atoms with Crippen LogP contribution in [-0.2, 0) is 20.9 Å². The van der Waals surface area contributed by atoms with Crippen molar-refractivity contribution in [3.8, 4) is 0 Å². The molecule has 0 amide bonds. The van der Waals surface area contributed by atoms with Gasteiger partial charge in [0, 0.05) is 49.7 Å². The first-order valence-electron chi connectivity index (χ1n) is 12.3. The average Bonchev–Trinajstić information content (AvgIpc) is 3.59. The minimum absolute atomic E-state index is 0.0149. The van der Waals surface area contributed by atoms with E-state index in [-0.39, 0.29) is 34.3 Å². The summed E-state index contributed by atoms with van der Waals surface area (Å²) in [6.07, 6.45) is 7.41. The number of ketones is 1. The summed E-state index contributed by atoms with van der Waals surface area (Å²) in [5.74, 6) is -1.16. The van der Waals surface area contributed by atoms with Gasteiger partial charge in [0.1, 0.15) is 11.5 Å². The number of rotatable bonds is 11. The van der Waals surface area contributed by atoms with E-state index in [2.05, 4.69) is 10.3 Å². The number of thioether (sulfide) groups is 1. The molecule has 36 heavy (non-hydrogen) atoms. The Balaban J connectivity index is 1.55. The number of carboxylic acid groups (broad SMARTS) is 1. The van der Waals surface area contributed by atoms with Crippen LogP contribution in [0.1, 0.15) is 62.7 Å². The molecule has 0 spiro atoms. The maximum Gasteiger partial charge on any atom is 0.303 e. The summed E-state index contributed by atoms with van der Waals surface area (Å²) in [4.78, 5) is 38.0. The zero-order valence-corrected chi connectivity index (χ0v) is 21.1. The van der Waals surface area contributed by atoms with Crippen LogP contribution in [0.4, 0.5) is 4.39 Å². The molecule has 1 aliphatic carbocycles. The molecule has 2 atom stereocenters. The van der Waals surface area contributed by atoms with Gasteiger partial charge in [-0.3, -0.25) is 24.0 Å². The molecule has 8 nitrogen and oxygen atoms in total. The van der Waals surface area contributed by atoms with Crippen LogP contribution in [0.5, 0.6) is 0 Å². The van der Waals surface area contributed by atoms with Crippen molar-refractivity contribution >= 4 is 34.7 Å². The number of aliphatic carboxylic acids is 1. The van der Waals surface area contributed by atoms with Crippen LogP contribution in [0.3, 0.4) is 0 Å². The number of carbonyl (C=O) groups excluding carboxylic acids is 2. The van der Waals surface area contributed by atoms with Crippen molar-refractivity contribution < 1.29 is 23.9 Å². The lowest BCUT2D eigenvalue weighted by Gasteiger charge is -2.38. The van der Waals surface area contributed by atoms with E-state index in [4.69, 9.17) is 5.11 Å². The van der Waals surface area contributed by atoms with Crippen molar-refractivity contribution in [3.63, 3.8) is 0 Å². The first-order chi connectivity index (χ1) is 17.3. The third-order valence-corrected chi connectivity index (χ3v) is 7.67. The van der Waals surface area contributed by atoms with Gasteiger partial charge in [0.25, 0.3) is 0 Å². The van der Waals surface area contributed by atoms with E-state index < -0.39 is 12.0 Å². The summed E-state index contributed by atoms with van der Waals surface area (Å²) >= 11 is 1.27. The third-order valence-electron chi connectivity index (χ3n) is 6.52. The number of likely N-dealkylation sites (tertiary alicyclic amines) is 1. The van der Waals surface area contributed by atoms with Crippen LogP contribution in [-0.4, -0.2) is 60.2 Å². The fourth-order valence-electron chi connectivity index (χ4n) is 4.62. The molecule has 1 N–H and O–H groups in total. The van der Waals surface area contributed by atoms with Gasteiger partial charge in [0.05, 0.1) is 12.2 Å². The Morgan fingerprint density at radius 2 is 2.00 bits per heavy atom. The Morgan fingerprint density at radius 3 is 2.69 bits per heavy atom. The van der Waals surface area contributed by atoms with E-state index in [0.717, 1.165) is 18.4 Å². The minimum Gasteiger partial charge on any atom is -0.481 e. The molecule has 10 heteroatoms. The molecular weight excluding hydrogens is 483 g/mol. The smallest absolute Gasteiger partial charge is 0.303 e. The van der Waals surface area contributed by atoms with Crippen LogP contribution >= 0.6 is 11.8 Å². The van der Waals surface area contributed by atoms with Gasteiger partial charge in [-0.25, -0.2) is 4.39 Å². The minimum atomic E-state index is -0.816. The SMILES string of the molecule is CC(=O)SC1CCN(C(C(=O)C2CC2)c2ccccc2F)CC1=Cc1cn(CCCCC(=O)O)nn1. The quantitative estimate of drug-likeness (QED) is 0.446. The van der Waals surface area contributed by atoms with Crippen LogP contribution in [0, 0.1) is 11.7 Å². The summed E-state index contributed by atoms with van der Waals surface area (Å²) in [7, 11) is 0. The summed E-state index contributed by atoms with van der Waals surface area (Å²) in [5.41, 5.74) is 1.98. The van der Waals surface area contributed by atoms with Gasteiger partial charge in [-0.2, -0.15) is 0 Å². The number of carbonyl (C=O) groups is 3. The van der Waals surface area contributed by atoms with Gasteiger partial charge in [-0.15, -0.1) is 5.10 Å². The molecule has 2 aromatic rings. The molecule has 2 aliphatic rings. The number of unbranched alkanes of at least 4 members (excludes halogenated alkanes) is 1. The van der Waals surface area contributed by atoms with Crippen molar-refractivity contribution in [2.24, 2.45) is 5.92 Å². The fraction of sp³-hybridized carbons (Fsp3) is 0.500. The Kier molecular flexibility index (Phi) is 8.68. The first kappa shape index (κ1) is 26.2. The summed E-state index contributed by atoms with van der Waals surface area (Å²) < 4.78 is 16.5. The molecule has 2 unspecified atom stereocenters. The number of aromatic nitrogens is 3. The van der Waals surface area contributed by atoms with Crippen molar-refractivity contribution in [2.75, 3.05) is 13.1 Å². The molecule has 1 aliphatic heterocycles. The van der Waals surface area contributed by atoms with Crippen molar-refractivity contribution in [1.82, 2.24) is 19.9 Å². The molecule has 1 aromatic heterocycles. The summed E-state index contributed by atoms with van der Waals surface area (Å²) in [6.45, 7) is 3.11. The monoisotopic (exact) mass is 514 g/mol. The standard InChI is InChI=1S/C26H31FN4O4S/c1-17(32)36-23-11-13-30(25(26(35)18-9-10-18)21-6-2-3-7-22(21)27)15-19(23)14-20-16-31(29-28-20)12-5-4-8-24(33)34/h2-3,6-7,14,16,18,23,25H,4-5,8-13,15H2,1H3,(H,33,34). The zero-order valence-electron chi connectivity index (χ0n) is 20.3. The van der Waals surface area contributed by atoms with Crippen molar-refractivity contribution in [2.45, 2.75) is 63.3 Å². The van der Waals surface area contributed by atoms with E-state index in [1.807, 2.05) is 11.0 Å². The Hall–Kier alpha value is -2.85. The number of piperidine rings is 1. The number of benzene rings is 1. The molecule has 1 saturated heterocycles. The lowest BCUT2D eigenvalue weighted by Crippen LogP contribution is -2.43. The van der Waals surface area contributed by atoms with Gasteiger partial charge in [-0.05, 0) is 49.8 Å². The molecule has 0 radical (unpaired) electrons. The second-order valence-electron chi connectivity index (χ2n) is 9.43. The number of carboxylic acids is 1. The zero-order chi connectivity index (χ0) is 25.7. The second kappa shape index (κ2) is 11.9. The Bertz CT molecular complexity index is 1150. The average molecular weight is 515 g/mol. The molecule has 0 bridgehead atoms. The predicted molar refractivity (Wildman–Crippen MR) is 135 cm³/mol. The topological polar surface area (TPSA) is 105 Å². The summed E-state index contributed by atoms with van der Waals surface area (Å²) in [5, 5.41) is 17.1. The maximum absolute atomic E-state index is 14.8. The molecule has 1 saturated carbocycles. The third kappa shape index (κ3) is 6.88. The Morgan fingerprint density at radius 1 is 1.22 bits per heavy atom. The van der Waals surface area contributed by atoms with Gasteiger partial charge in [0.2, 0.25) is 0 Å². The predicted octanol–water partition coefficient (Wildman–Crippen LogP) is 4.13. The lowest BCUT2D eigenvalue weighted by atomic mass is 9.93. The van der Waals surface area contributed by atoms with E-state index >= 15 is 0 Å². The van der Waals surface area contributed by atoms with Gasteiger partial charge in [0.15, 0.2) is 10.9 Å². The van der Waals surface area contributed by atoms with E-state index in [1.165, 1.54) is 17.8 Å². The second-order valence-corrected chi connectivity index (χ2v) is 10.8. The van der Waals surface area contributed by atoms with Crippen LogP contribution < -0.4 is 0 Å². The van der Waals surface area contributed by atoms with Crippen LogP contribution in [0.15, 0.2) is 36.0 Å². The van der Waals surface area contributed by atoms with E-state index in [9.17, 15) is 18.8 Å². The molecule has 2 fully saturated rings. The van der Waals surface area contributed by atoms with Crippen molar-refractivity contribution in [1.29, 1.82) is 0 Å². The highest BCUT2D eigenvalue weighted by molar-refractivity contribution is 8.14. The number of nitrogens with zero attached hydrogens (tertiary/aromatic N) is 4. The largest absolute Gasteiger partial charge is 0.481 e.